The van der Waals surface area contributed by atoms with Crippen molar-refractivity contribution in [1.29, 1.82) is 0 Å². The maximum atomic E-state index is 11.7. The summed E-state index contributed by atoms with van der Waals surface area (Å²) < 4.78 is 1.48. The van der Waals surface area contributed by atoms with Gasteiger partial charge in [0.25, 0.3) is 0 Å². The molecule has 1 aromatic heterocycles. The Morgan fingerprint density at radius 1 is 1.38 bits per heavy atom. The average Bonchev–Trinajstić information content (AvgIpc) is 2.71. The van der Waals surface area contributed by atoms with Crippen molar-refractivity contribution in [2.45, 2.75) is 6.54 Å². The summed E-state index contributed by atoms with van der Waals surface area (Å²) in [6.45, 7) is 0.196. The molecule has 1 aromatic carbocycles. The van der Waals surface area contributed by atoms with E-state index in [1.807, 2.05) is 0 Å². The second kappa shape index (κ2) is 6.15. The van der Waals surface area contributed by atoms with Crippen molar-refractivity contribution in [2.24, 2.45) is 0 Å². The number of rotatable bonds is 3. The van der Waals surface area contributed by atoms with E-state index in [2.05, 4.69) is 10.1 Å². The van der Waals surface area contributed by atoms with E-state index in [0.29, 0.717) is 10.6 Å². The molecule has 6 heteroatoms. The van der Waals surface area contributed by atoms with Crippen molar-refractivity contribution >= 4 is 17.4 Å². The van der Waals surface area contributed by atoms with Crippen LogP contribution in [0, 0.1) is 0 Å². The Bertz CT molecular complexity index is 461. The molecule has 0 amide bonds. The Labute approximate surface area is 121 Å². The van der Waals surface area contributed by atoms with Crippen molar-refractivity contribution in [3.63, 3.8) is 0 Å². The number of hydrogen-bond donors (Lipinski definition) is 0. The van der Waals surface area contributed by atoms with Gasteiger partial charge in [-0.2, -0.15) is 5.10 Å². The Morgan fingerprint density at radius 2 is 2.06 bits per heavy atom. The number of Topliss-reactive ketones (excluding diaryl/α,β-unsaturated/α-hetero) is 1. The number of benzene rings is 1. The van der Waals surface area contributed by atoms with Gasteiger partial charge in [0, 0.05) is 10.6 Å². The molecule has 0 aliphatic carbocycles. The molecule has 0 unspecified atom stereocenters. The topological polar surface area (TPSA) is 47.8 Å². The van der Waals surface area contributed by atoms with Crippen LogP contribution in [0.25, 0.3) is 0 Å². The van der Waals surface area contributed by atoms with Gasteiger partial charge >= 0.3 is 29.6 Å². The van der Waals surface area contributed by atoms with Gasteiger partial charge in [0.1, 0.15) is 19.2 Å². The van der Waals surface area contributed by atoms with Crippen molar-refractivity contribution in [3.8, 4) is 0 Å². The van der Waals surface area contributed by atoms with Crippen LogP contribution in [-0.4, -0.2) is 20.5 Å². The predicted octanol–water partition coefficient (Wildman–Crippen LogP) is -1.07. The van der Waals surface area contributed by atoms with Gasteiger partial charge < -0.3 is 1.43 Å². The molecule has 16 heavy (non-hydrogen) atoms. The predicted molar refractivity (Wildman–Crippen MR) is 56.9 cm³/mol. The van der Waals surface area contributed by atoms with Crippen molar-refractivity contribution < 1.29 is 35.8 Å². The standard InChI is InChI=1S/C10H8ClN3O.Na.H/c11-9-3-1-8(2-4-9)10(15)5-14-7-12-6-13-14;;/h1-4,6-7H,5H2;;/q;+1;-1. The van der Waals surface area contributed by atoms with Crippen molar-refractivity contribution in [3.05, 3.63) is 47.5 Å². The molecular weight excluding hydrogens is 237 g/mol. The minimum absolute atomic E-state index is 0. The fraction of sp³-hybridized carbons (Fsp3) is 0.100. The summed E-state index contributed by atoms with van der Waals surface area (Å²) in [4.78, 5) is 15.5. The Balaban J connectivity index is 0.00000128. The zero-order valence-electron chi connectivity index (χ0n) is 9.80. The second-order valence-corrected chi connectivity index (χ2v) is 3.46. The third kappa shape index (κ3) is 3.42. The van der Waals surface area contributed by atoms with E-state index >= 15 is 0 Å². The third-order valence-electron chi connectivity index (χ3n) is 1.94. The quantitative estimate of drug-likeness (QED) is 0.511. The van der Waals surface area contributed by atoms with Crippen molar-refractivity contribution in [1.82, 2.24) is 14.8 Å². The van der Waals surface area contributed by atoms with E-state index in [1.54, 1.807) is 24.3 Å². The van der Waals surface area contributed by atoms with Gasteiger partial charge in [0.2, 0.25) is 0 Å². The minimum atomic E-state index is -0.0165. The van der Waals surface area contributed by atoms with Crippen LogP contribution in [0.4, 0.5) is 0 Å². The number of carbonyl (C=O) groups is 1. The van der Waals surface area contributed by atoms with E-state index in [9.17, 15) is 4.79 Å². The Kier molecular flexibility index (Phi) is 5.15. The summed E-state index contributed by atoms with van der Waals surface area (Å²) >= 11 is 5.72. The average molecular weight is 246 g/mol. The Morgan fingerprint density at radius 3 is 2.62 bits per heavy atom. The van der Waals surface area contributed by atoms with Crippen LogP contribution in [0.15, 0.2) is 36.9 Å². The summed E-state index contributed by atoms with van der Waals surface area (Å²) in [7, 11) is 0. The number of halogens is 1. The zero-order chi connectivity index (χ0) is 10.7. The number of hydrogen-bond acceptors (Lipinski definition) is 3. The maximum absolute atomic E-state index is 11.7. The molecule has 0 spiro atoms. The van der Waals surface area contributed by atoms with Crippen LogP contribution in [0.2, 0.25) is 5.02 Å². The van der Waals surface area contributed by atoms with Gasteiger partial charge in [-0.25, -0.2) is 9.67 Å². The van der Waals surface area contributed by atoms with Gasteiger partial charge in [-0.1, -0.05) is 11.6 Å². The molecule has 0 bridgehead atoms. The number of nitrogens with zero attached hydrogens (tertiary/aromatic N) is 3. The first-order valence-electron chi connectivity index (χ1n) is 4.37. The SMILES string of the molecule is O=C(Cn1cncn1)c1ccc(Cl)cc1.[H-].[Na+]. The smallest absolute Gasteiger partial charge is 1.00 e. The molecular formula is C10H9ClN3NaO. The second-order valence-electron chi connectivity index (χ2n) is 3.02. The van der Waals surface area contributed by atoms with Gasteiger partial charge in [0.05, 0.1) is 0 Å². The van der Waals surface area contributed by atoms with Gasteiger partial charge in [-0.15, -0.1) is 0 Å². The fourth-order valence-electron chi connectivity index (χ4n) is 1.19. The molecule has 0 saturated carbocycles. The molecule has 0 atom stereocenters. The molecule has 0 radical (unpaired) electrons. The van der Waals surface area contributed by atoms with Crippen LogP contribution in [-0.2, 0) is 6.54 Å². The summed E-state index contributed by atoms with van der Waals surface area (Å²) in [5, 5.41) is 4.48. The number of ketones is 1. The maximum Gasteiger partial charge on any atom is 1.00 e. The largest absolute Gasteiger partial charge is 1.00 e. The minimum Gasteiger partial charge on any atom is -1.00 e. The van der Waals surface area contributed by atoms with Crippen LogP contribution >= 0.6 is 11.6 Å². The van der Waals surface area contributed by atoms with Crippen LogP contribution < -0.4 is 29.6 Å². The molecule has 0 aliphatic heterocycles. The molecule has 0 fully saturated rings. The first-order chi connectivity index (χ1) is 7.25. The molecule has 2 rings (SSSR count). The summed E-state index contributed by atoms with van der Waals surface area (Å²) in [5.74, 6) is -0.0165. The Hall–Kier alpha value is -0.680. The molecule has 4 nitrogen and oxygen atoms in total. The molecule has 78 valence electrons. The molecule has 1 heterocycles. The first kappa shape index (κ1) is 13.4. The van der Waals surface area contributed by atoms with Crippen LogP contribution in [0.3, 0.4) is 0 Å². The monoisotopic (exact) mass is 245 g/mol. The van der Waals surface area contributed by atoms with Crippen LogP contribution in [0.1, 0.15) is 11.8 Å². The molecule has 0 N–H and O–H groups in total. The van der Waals surface area contributed by atoms with E-state index < -0.39 is 0 Å². The molecule has 2 aromatic rings. The van der Waals surface area contributed by atoms with Crippen molar-refractivity contribution in [2.75, 3.05) is 0 Å². The van der Waals surface area contributed by atoms with E-state index in [1.165, 1.54) is 17.3 Å². The van der Waals surface area contributed by atoms with E-state index in [0.717, 1.165) is 0 Å². The summed E-state index contributed by atoms with van der Waals surface area (Å²) in [5.41, 5.74) is 0.620. The van der Waals surface area contributed by atoms with E-state index in [4.69, 9.17) is 11.6 Å². The summed E-state index contributed by atoms with van der Waals surface area (Å²) in [6.07, 6.45) is 2.91. The first-order valence-corrected chi connectivity index (χ1v) is 4.75. The van der Waals surface area contributed by atoms with Gasteiger partial charge in [-0.3, -0.25) is 4.79 Å². The normalized spacial score (nSPS) is 9.56. The summed E-state index contributed by atoms with van der Waals surface area (Å²) in [6, 6.07) is 6.77. The fourth-order valence-corrected chi connectivity index (χ4v) is 1.31. The number of aromatic nitrogens is 3. The van der Waals surface area contributed by atoms with Crippen LogP contribution in [0.5, 0.6) is 0 Å². The van der Waals surface area contributed by atoms with Gasteiger partial charge in [-0.05, 0) is 24.3 Å². The van der Waals surface area contributed by atoms with E-state index in [-0.39, 0.29) is 43.3 Å². The molecule has 0 saturated heterocycles. The zero-order valence-corrected chi connectivity index (χ0v) is 11.6. The number of carbonyl (C=O) groups excluding carboxylic acids is 1. The molecule has 0 aliphatic rings. The van der Waals surface area contributed by atoms with Gasteiger partial charge in [0.15, 0.2) is 5.78 Å². The third-order valence-corrected chi connectivity index (χ3v) is 2.19.